The van der Waals surface area contributed by atoms with Crippen LogP contribution in [0.25, 0.3) is 66.1 Å². The summed E-state index contributed by atoms with van der Waals surface area (Å²) in [6, 6.07) is 86.8. The van der Waals surface area contributed by atoms with Crippen LogP contribution in [0.15, 0.2) is 253 Å². The van der Waals surface area contributed by atoms with Crippen LogP contribution in [0, 0.1) is 6.92 Å². The number of fused-ring (bicyclic) bond motifs is 6. The molecule has 0 saturated heterocycles. The maximum absolute atomic E-state index is 5.81. The summed E-state index contributed by atoms with van der Waals surface area (Å²) in [6.45, 7) is 2.23. The highest BCUT2D eigenvalue weighted by atomic mass is 79.9. The predicted molar refractivity (Wildman–Crippen MR) is 353 cm³/mol. The molecule has 12 aromatic rings. The molecule has 7 heteroatoms. The van der Waals surface area contributed by atoms with Crippen molar-refractivity contribution in [3.63, 3.8) is 0 Å². The van der Waals surface area contributed by atoms with Gasteiger partial charge in [-0.15, -0.1) is 0 Å². The number of methoxy groups -OCH3 is 1. The summed E-state index contributed by atoms with van der Waals surface area (Å²) < 4.78 is 11.6. The van der Waals surface area contributed by atoms with Gasteiger partial charge >= 0.3 is 0 Å². The molecule has 406 valence electrons. The molecule has 2 aliphatic rings. The van der Waals surface area contributed by atoms with E-state index in [1.165, 1.54) is 136 Å². The number of hydrogen-bond acceptors (Lipinski definition) is 3. The van der Waals surface area contributed by atoms with E-state index in [9.17, 15) is 0 Å². The van der Waals surface area contributed by atoms with Gasteiger partial charge in [0.15, 0.2) is 0 Å². The number of hydrogen-bond donors (Lipinski definition) is 2. The Kier molecular flexibility index (Phi) is 18.1. The van der Waals surface area contributed by atoms with Crippen LogP contribution >= 0.6 is 23.9 Å². The predicted octanol–water partition coefficient (Wildman–Crippen LogP) is 20.8. The smallest absolute Gasteiger partial charge is 0.126 e. The molecule has 0 bridgehead atoms. The second kappa shape index (κ2) is 26.6. The Labute approximate surface area is 488 Å². The van der Waals surface area contributed by atoms with Crippen LogP contribution in [0.5, 0.6) is 5.75 Å². The Balaban J connectivity index is 0.000000121. The van der Waals surface area contributed by atoms with Crippen molar-refractivity contribution in [2.24, 2.45) is 0 Å². The summed E-state index contributed by atoms with van der Waals surface area (Å²) in [4.78, 5) is 0. The van der Waals surface area contributed by atoms with Gasteiger partial charge in [0.2, 0.25) is 0 Å². The second-order valence-electron chi connectivity index (χ2n) is 21.3. The molecular formula is C74H72BrN4OP. The maximum Gasteiger partial charge on any atom is 0.126 e. The summed E-state index contributed by atoms with van der Waals surface area (Å²) in [5.41, 5.74) is 21.6. The number of aromatic nitrogens is 2. The molecule has 2 saturated carbocycles. The molecule has 2 aliphatic carbocycles. The third kappa shape index (κ3) is 12.7. The summed E-state index contributed by atoms with van der Waals surface area (Å²) in [5.74, 6) is 1.02. The number of benzene rings is 10. The topological polar surface area (TPSA) is 57.1 Å². The molecule has 2 fully saturated rings. The normalized spacial score (nSPS) is 13.7. The van der Waals surface area contributed by atoms with E-state index in [0.29, 0.717) is 0 Å². The van der Waals surface area contributed by atoms with Gasteiger partial charge in [-0.3, -0.25) is 0 Å². The minimum Gasteiger partial charge on any atom is -0.496 e. The van der Waals surface area contributed by atoms with Gasteiger partial charge < -0.3 is 24.9 Å². The molecule has 0 radical (unpaired) electrons. The lowest BCUT2D eigenvalue weighted by Gasteiger charge is -2.39. The molecule has 0 amide bonds. The second-order valence-corrected chi connectivity index (χ2v) is 25.0. The SMILES string of the molecule is Brc1ccc2c(c1)c1ccccc1n2-c1ccccc1.COc1cccc(C)c1-c1ccccc1P(C1CCCCC1)C1CCCCC1.Nc1ccccc1.c1ccc(Nc2ccc3c(c2)c2ccccc2n3-c2ccccc2)cc1. The van der Waals surface area contributed by atoms with E-state index in [0.717, 1.165) is 38.6 Å². The number of halogens is 1. The number of rotatable bonds is 9. The quantitative estimate of drug-likeness (QED) is 0.112. The van der Waals surface area contributed by atoms with Crippen molar-refractivity contribution >= 4 is 89.8 Å². The number of ether oxygens (including phenoxy) is 1. The van der Waals surface area contributed by atoms with Crippen LogP contribution in [0.1, 0.15) is 69.8 Å². The monoisotopic (exact) mass is 1140 g/mol. The fraction of sp³-hybridized carbons (Fsp3) is 0.189. The highest BCUT2D eigenvalue weighted by molar-refractivity contribution is 9.10. The molecule has 2 aromatic heterocycles. The Morgan fingerprint density at radius 3 is 1.46 bits per heavy atom. The Hall–Kier alpha value is -7.89. The van der Waals surface area contributed by atoms with Gasteiger partial charge in [0.1, 0.15) is 5.75 Å². The standard InChI is InChI=1S/C26H35OP.C24H18N2.C18H12BrN.C6H7N/c1-20-12-11-18-24(27-2)26(20)23-17-9-10-19-25(23)28(21-13-5-3-6-14-21)22-15-7-4-8-16-22;1-3-9-18(10-4-1)25-19-15-16-24-22(17-19)21-13-7-8-14-23(21)26(24)20-11-5-2-6-12-20;19-13-10-11-18-16(12-13)15-8-4-5-9-17(15)20(18)14-6-2-1-3-7-14;7-6-4-2-1-3-5-6/h9-12,17-19,21-22H,3-8,13-16H2,1-2H3;1-17,25H;1-12H;1-5H,7H2. The Morgan fingerprint density at radius 1 is 0.444 bits per heavy atom. The number of aryl methyl sites for hydroxylation is 1. The molecule has 2 heterocycles. The van der Waals surface area contributed by atoms with Crippen LogP contribution in [0.3, 0.4) is 0 Å². The lowest BCUT2D eigenvalue weighted by Crippen LogP contribution is -2.27. The van der Waals surface area contributed by atoms with Crippen LogP contribution in [-0.2, 0) is 0 Å². The zero-order valence-corrected chi connectivity index (χ0v) is 49.1. The van der Waals surface area contributed by atoms with E-state index in [2.05, 4.69) is 231 Å². The maximum atomic E-state index is 5.81. The van der Waals surface area contributed by atoms with Crippen LogP contribution in [0.4, 0.5) is 17.1 Å². The van der Waals surface area contributed by atoms with Crippen molar-refractivity contribution in [1.82, 2.24) is 9.13 Å². The minimum atomic E-state index is -0.122. The largest absolute Gasteiger partial charge is 0.496 e. The van der Waals surface area contributed by atoms with Crippen molar-refractivity contribution in [3.8, 4) is 28.3 Å². The number of nitrogens with zero attached hydrogens (tertiary/aromatic N) is 2. The van der Waals surface area contributed by atoms with E-state index in [4.69, 9.17) is 10.5 Å². The van der Waals surface area contributed by atoms with Gasteiger partial charge in [-0.25, -0.2) is 0 Å². The number of nitrogens with one attached hydrogen (secondary N) is 1. The molecule has 0 spiro atoms. The van der Waals surface area contributed by atoms with Crippen molar-refractivity contribution in [3.05, 3.63) is 259 Å². The molecule has 3 N–H and O–H groups in total. The third-order valence-corrected chi connectivity index (χ3v) is 20.1. The molecule has 81 heavy (non-hydrogen) atoms. The Morgan fingerprint density at radius 2 is 0.914 bits per heavy atom. The molecule has 14 rings (SSSR count). The molecule has 0 unspecified atom stereocenters. The first-order valence-corrected chi connectivity index (χ1v) is 31.2. The van der Waals surface area contributed by atoms with Gasteiger partial charge in [-0.2, -0.15) is 0 Å². The van der Waals surface area contributed by atoms with Crippen molar-refractivity contribution < 1.29 is 4.74 Å². The lowest BCUT2D eigenvalue weighted by atomic mass is 9.99. The molecule has 0 atom stereocenters. The number of nitrogen functional groups attached to an aromatic ring is 1. The lowest BCUT2D eigenvalue weighted by molar-refractivity contribution is 0.416. The van der Waals surface area contributed by atoms with Gasteiger partial charge in [-0.1, -0.05) is 208 Å². The van der Waals surface area contributed by atoms with Crippen molar-refractivity contribution in [2.75, 3.05) is 18.2 Å². The average molecular weight is 1140 g/mol. The third-order valence-electron chi connectivity index (χ3n) is 16.0. The van der Waals surface area contributed by atoms with Crippen LogP contribution < -0.4 is 21.1 Å². The zero-order chi connectivity index (χ0) is 55.3. The van der Waals surface area contributed by atoms with Crippen molar-refractivity contribution in [1.29, 1.82) is 0 Å². The van der Waals surface area contributed by atoms with Crippen molar-refractivity contribution in [2.45, 2.75) is 82.4 Å². The summed E-state index contributed by atoms with van der Waals surface area (Å²) in [7, 11) is 1.69. The van der Waals surface area contributed by atoms with Crippen LogP contribution in [-0.4, -0.2) is 27.6 Å². The minimum absolute atomic E-state index is 0.122. The first kappa shape index (κ1) is 55.0. The molecular weight excluding hydrogens is 1070 g/mol. The fourth-order valence-corrected chi connectivity index (χ4v) is 16.6. The zero-order valence-electron chi connectivity index (χ0n) is 46.6. The summed E-state index contributed by atoms with van der Waals surface area (Å²) >= 11 is 3.57. The summed E-state index contributed by atoms with van der Waals surface area (Å²) in [6.07, 6.45) is 14.4. The molecule has 10 aromatic carbocycles. The van der Waals surface area contributed by atoms with E-state index in [1.54, 1.807) is 5.30 Å². The fourth-order valence-electron chi connectivity index (χ4n) is 12.3. The average Bonchev–Trinajstić information content (AvgIpc) is 4.23. The van der Waals surface area contributed by atoms with E-state index in [-0.39, 0.29) is 7.92 Å². The number of para-hydroxylation sites is 6. The molecule has 5 nitrogen and oxygen atoms in total. The first-order valence-electron chi connectivity index (χ1n) is 28.9. The van der Waals surface area contributed by atoms with Crippen LogP contribution in [0.2, 0.25) is 0 Å². The van der Waals surface area contributed by atoms with Gasteiger partial charge in [0, 0.05) is 60.0 Å². The highest BCUT2D eigenvalue weighted by Gasteiger charge is 2.34. The molecule has 0 aliphatic heterocycles. The first-order chi connectivity index (χ1) is 39.9. The van der Waals surface area contributed by atoms with E-state index < -0.39 is 0 Å². The highest BCUT2D eigenvalue weighted by Crippen LogP contribution is 2.56. The van der Waals surface area contributed by atoms with E-state index >= 15 is 0 Å². The number of anilines is 3. The Bertz CT molecular complexity index is 3940. The van der Waals surface area contributed by atoms with Gasteiger partial charge in [0.05, 0.1) is 29.2 Å². The van der Waals surface area contributed by atoms with Gasteiger partial charge in [0.25, 0.3) is 0 Å². The summed E-state index contributed by atoms with van der Waals surface area (Å²) in [5, 5.41) is 10.2. The van der Waals surface area contributed by atoms with E-state index in [1.807, 2.05) is 61.7 Å². The number of nitrogens with two attached hydrogens (primary N) is 1. The van der Waals surface area contributed by atoms with Gasteiger partial charge in [-0.05, 0) is 163 Å².